The van der Waals surface area contributed by atoms with Crippen molar-refractivity contribution in [3.05, 3.63) is 59.7 Å². The lowest BCUT2D eigenvalue weighted by Gasteiger charge is -2.10. The average Bonchev–Trinajstić information content (AvgIpc) is 3.06. The highest BCUT2D eigenvalue weighted by molar-refractivity contribution is 7.99. The van der Waals surface area contributed by atoms with Gasteiger partial charge in [-0.05, 0) is 44.2 Å². The van der Waals surface area contributed by atoms with Gasteiger partial charge in [-0.3, -0.25) is 0 Å². The van der Waals surface area contributed by atoms with E-state index in [0.717, 1.165) is 12.1 Å². The largest absolute Gasteiger partial charge is 0.493 e. The van der Waals surface area contributed by atoms with Crippen molar-refractivity contribution in [2.24, 2.45) is 0 Å². The topological polar surface area (TPSA) is 48.2 Å². The maximum absolute atomic E-state index is 13.9. The molecule has 1 atom stereocenters. The fraction of sp³-hybridized carbons (Fsp3) is 0.222. The molecule has 0 saturated carbocycles. The van der Waals surface area contributed by atoms with Gasteiger partial charge in [-0.2, -0.15) is 0 Å². The number of aromatic nitrogens is 2. The molecule has 1 aromatic heterocycles. The van der Waals surface area contributed by atoms with E-state index >= 15 is 0 Å². The van der Waals surface area contributed by atoms with Crippen LogP contribution in [0.25, 0.3) is 11.5 Å². The summed E-state index contributed by atoms with van der Waals surface area (Å²) in [4.78, 5) is 0. The second-order valence-electron chi connectivity index (χ2n) is 5.23. The Labute approximate surface area is 148 Å². The predicted molar refractivity (Wildman–Crippen MR) is 91.5 cm³/mol. The molecule has 3 aromatic rings. The lowest BCUT2D eigenvalue weighted by Crippen LogP contribution is -1.94. The quantitative estimate of drug-likeness (QED) is 0.559. The molecule has 0 spiro atoms. The zero-order chi connectivity index (χ0) is 17.8. The van der Waals surface area contributed by atoms with E-state index in [1.54, 1.807) is 6.92 Å². The van der Waals surface area contributed by atoms with E-state index in [0.29, 0.717) is 23.8 Å². The number of thioether (sulfide) groups is 1. The van der Waals surface area contributed by atoms with Crippen LogP contribution in [0.1, 0.15) is 24.7 Å². The Morgan fingerprint density at radius 1 is 1.16 bits per heavy atom. The Kier molecular flexibility index (Phi) is 5.33. The number of hydrogen-bond donors (Lipinski definition) is 0. The zero-order valence-corrected chi connectivity index (χ0v) is 14.5. The first-order valence-electron chi connectivity index (χ1n) is 7.75. The van der Waals surface area contributed by atoms with Crippen molar-refractivity contribution in [1.29, 1.82) is 0 Å². The first-order chi connectivity index (χ1) is 12.1. The molecular weight excluding hydrogens is 346 g/mol. The molecule has 1 unspecified atom stereocenters. The molecule has 0 aliphatic heterocycles. The van der Waals surface area contributed by atoms with Crippen LogP contribution in [0.3, 0.4) is 0 Å². The Morgan fingerprint density at radius 3 is 2.76 bits per heavy atom. The minimum absolute atomic E-state index is 0.250. The molecule has 0 aliphatic rings. The fourth-order valence-corrected chi connectivity index (χ4v) is 3.16. The maximum Gasteiger partial charge on any atom is 0.277 e. The van der Waals surface area contributed by atoms with Crippen molar-refractivity contribution in [2.45, 2.75) is 24.3 Å². The van der Waals surface area contributed by atoms with Gasteiger partial charge in [-0.1, -0.05) is 23.9 Å². The van der Waals surface area contributed by atoms with Gasteiger partial charge in [0, 0.05) is 10.8 Å². The summed E-state index contributed by atoms with van der Waals surface area (Å²) in [5, 5.41) is 7.91. The zero-order valence-electron chi connectivity index (χ0n) is 13.7. The summed E-state index contributed by atoms with van der Waals surface area (Å²) >= 11 is 1.17. The third-order valence-corrected chi connectivity index (χ3v) is 4.47. The van der Waals surface area contributed by atoms with E-state index in [2.05, 4.69) is 10.2 Å². The number of benzene rings is 2. The fourth-order valence-electron chi connectivity index (χ4n) is 2.33. The Balaban J connectivity index is 1.81. The Morgan fingerprint density at radius 2 is 1.96 bits per heavy atom. The van der Waals surface area contributed by atoms with E-state index in [1.807, 2.05) is 31.2 Å². The number of hydrogen-bond acceptors (Lipinski definition) is 5. The minimum atomic E-state index is -0.485. The van der Waals surface area contributed by atoms with E-state index < -0.39 is 11.6 Å². The number of halogens is 2. The lowest BCUT2D eigenvalue weighted by molar-refractivity contribution is 0.340. The molecule has 0 bridgehead atoms. The molecule has 1 heterocycles. The molecule has 25 heavy (non-hydrogen) atoms. The first-order valence-corrected chi connectivity index (χ1v) is 8.63. The molecule has 0 amide bonds. The molecule has 0 fully saturated rings. The number of ether oxygens (including phenoxy) is 1. The van der Waals surface area contributed by atoms with Gasteiger partial charge < -0.3 is 9.15 Å². The molecule has 0 saturated heterocycles. The van der Waals surface area contributed by atoms with Crippen molar-refractivity contribution in [3.8, 4) is 17.2 Å². The second-order valence-corrected chi connectivity index (χ2v) is 6.52. The summed E-state index contributed by atoms with van der Waals surface area (Å²) < 4.78 is 38.4. The lowest BCUT2D eigenvalue weighted by atomic mass is 10.1. The maximum atomic E-state index is 13.9. The van der Waals surface area contributed by atoms with E-state index in [-0.39, 0.29) is 16.0 Å². The second kappa shape index (κ2) is 7.65. The van der Waals surface area contributed by atoms with Crippen LogP contribution in [0.5, 0.6) is 5.75 Å². The van der Waals surface area contributed by atoms with Crippen molar-refractivity contribution in [2.75, 3.05) is 6.61 Å². The van der Waals surface area contributed by atoms with Gasteiger partial charge in [0.25, 0.3) is 11.1 Å². The first kappa shape index (κ1) is 17.4. The average molecular weight is 362 g/mol. The summed E-state index contributed by atoms with van der Waals surface area (Å²) in [5.74, 6) is 0.0106. The van der Waals surface area contributed by atoms with Crippen molar-refractivity contribution in [3.63, 3.8) is 0 Å². The molecule has 7 heteroatoms. The summed E-state index contributed by atoms with van der Waals surface area (Å²) in [6.07, 6.45) is 0. The summed E-state index contributed by atoms with van der Waals surface area (Å²) in [6, 6.07) is 10.7. The van der Waals surface area contributed by atoms with Gasteiger partial charge in [0.2, 0.25) is 0 Å². The van der Waals surface area contributed by atoms with Gasteiger partial charge in [0.05, 0.1) is 12.2 Å². The highest BCUT2D eigenvalue weighted by atomic mass is 32.2. The molecular formula is C18H16F2N2O2S. The van der Waals surface area contributed by atoms with E-state index in [9.17, 15) is 8.78 Å². The number of para-hydroxylation sites is 1. The Bertz CT molecular complexity index is 870. The van der Waals surface area contributed by atoms with Crippen molar-refractivity contribution in [1.82, 2.24) is 10.2 Å². The number of nitrogens with zero attached hydrogens (tertiary/aromatic N) is 2. The molecule has 3 rings (SSSR count). The summed E-state index contributed by atoms with van der Waals surface area (Å²) in [5.41, 5.74) is 0.938. The number of rotatable bonds is 6. The van der Waals surface area contributed by atoms with Gasteiger partial charge in [-0.15, -0.1) is 10.2 Å². The highest BCUT2D eigenvalue weighted by Crippen LogP contribution is 2.37. The molecule has 130 valence electrons. The third-order valence-electron chi connectivity index (χ3n) is 3.50. The molecule has 2 aromatic carbocycles. The molecule has 0 N–H and O–H groups in total. The monoisotopic (exact) mass is 362 g/mol. The summed E-state index contributed by atoms with van der Waals surface area (Å²) in [6.45, 7) is 4.16. The van der Waals surface area contributed by atoms with Gasteiger partial charge in [-0.25, -0.2) is 8.78 Å². The highest BCUT2D eigenvalue weighted by Gasteiger charge is 2.19. The van der Waals surface area contributed by atoms with E-state index in [4.69, 9.17) is 9.15 Å². The van der Waals surface area contributed by atoms with Gasteiger partial charge in [0.1, 0.15) is 17.4 Å². The van der Waals surface area contributed by atoms with Crippen molar-refractivity contribution < 1.29 is 17.9 Å². The van der Waals surface area contributed by atoms with Crippen molar-refractivity contribution >= 4 is 11.8 Å². The van der Waals surface area contributed by atoms with Crippen LogP contribution in [0.4, 0.5) is 8.78 Å². The van der Waals surface area contributed by atoms with Crippen LogP contribution in [0, 0.1) is 11.6 Å². The van der Waals surface area contributed by atoms with E-state index in [1.165, 1.54) is 17.8 Å². The van der Waals surface area contributed by atoms with Gasteiger partial charge >= 0.3 is 0 Å². The smallest absolute Gasteiger partial charge is 0.277 e. The summed E-state index contributed by atoms with van der Waals surface area (Å²) in [7, 11) is 0. The van der Waals surface area contributed by atoms with Crippen LogP contribution in [-0.2, 0) is 0 Å². The predicted octanol–water partition coefficient (Wildman–Crippen LogP) is 5.27. The third kappa shape index (κ3) is 3.99. The van der Waals surface area contributed by atoms with Crippen LogP contribution in [-0.4, -0.2) is 16.8 Å². The minimum Gasteiger partial charge on any atom is -0.493 e. The van der Waals surface area contributed by atoms with Crippen LogP contribution in [0.2, 0.25) is 0 Å². The molecule has 0 radical (unpaired) electrons. The van der Waals surface area contributed by atoms with Crippen LogP contribution in [0.15, 0.2) is 52.1 Å². The van der Waals surface area contributed by atoms with Crippen LogP contribution >= 0.6 is 11.8 Å². The SMILES string of the molecule is CCOc1ccccc1-c1nnc(SC(C)c2cc(F)ccc2F)o1. The van der Waals surface area contributed by atoms with Crippen LogP contribution < -0.4 is 4.74 Å². The van der Waals surface area contributed by atoms with Gasteiger partial charge in [0.15, 0.2) is 0 Å². The molecule has 0 aliphatic carbocycles. The molecule has 4 nitrogen and oxygen atoms in total. The Hall–Kier alpha value is -2.41. The normalized spacial score (nSPS) is 12.2. The standard InChI is InChI=1S/C18H16F2N2O2S/c1-3-23-16-7-5-4-6-13(16)17-21-22-18(24-17)25-11(2)14-10-12(19)8-9-15(14)20/h4-11H,3H2,1-2H3.